The van der Waals surface area contributed by atoms with E-state index in [1.165, 1.54) is 0 Å². The van der Waals surface area contributed by atoms with Gasteiger partial charge in [0.1, 0.15) is 24.7 Å². The second-order valence-corrected chi connectivity index (χ2v) is 7.11. The van der Waals surface area contributed by atoms with Gasteiger partial charge in [-0.1, -0.05) is 23.7 Å². The lowest BCUT2D eigenvalue weighted by atomic mass is 10.2. The van der Waals surface area contributed by atoms with Gasteiger partial charge in [-0.3, -0.25) is 4.79 Å². The van der Waals surface area contributed by atoms with Crippen molar-refractivity contribution in [1.29, 1.82) is 0 Å². The molecule has 0 aliphatic carbocycles. The van der Waals surface area contributed by atoms with Crippen molar-refractivity contribution in [2.45, 2.75) is 33.4 Å². The third-order valence-electron chi connectivity index (χ3n) is 4.52. The summed E-state index contributed by atoms with van der Waals surface area (Å²) < 4.78 is 13.1. The van der Waals surface area contributed by atoms with Crippen LogP contribution in [0.1, 0.15) is 24.7 Å². The number of hydrogen-bond acceptors (Lipinski definition) is 4. The number of amides is 1. The van der Waals surface area contributed by atoms with E-state index in [1.807, 2.05) is 60.9 Å². The quantitative estimate of drug-likeness (QED) is 0.506. The van der Waals surface area contributed by atoms with Gasteiger partial charge in [0.05, 0.1) is 11.0 Å². The smallest absolute Gasteiger partial charge is 0.240 e. The van der Waals surface area contributed by atoms with Gasteiger partial charge in [-0.25, -0.2) is 4.98 Å². The van der Waals surface area contributed by atoms with E-state index in [-0.39, 0.29) is 19.1 Å². The fourth-order valence-corrected chi connectivity index (χ4v) is 3.13. The number of fused-ring (bicyclic) bond motifs is 1. The average Bonchev–Trinajstić information content (AvgIpc) is 3.06. The number of benzene rings is 2. The highest BCUT2D eigenvalue weighted by atomic mass is 35.5. The molecular formula is C22H26ClN3O3. The maximum absolute atomic E-state index is 12.4. The number of aryl methyl sites for hydroxylation is 1. The number of rotatable bonds is 10. The Morgan fingerprint density at radius 3 is 2.86 bits per heavy atom. The molecule has 3 rings (SSSR count). The van der Waals surface area contributed by atoms with Crippen LogP contribution in [-0.2, 0) is 22.7 Å². The molecule has 154 valence electrons. The van der Waals surface area contributed by atoms with E-state index in [0.29, 0.717) is 36.4 Å². The van der Waals surface area contributed by atoms with Crippen LogP contribution in [0.3, 0.4) is 0 Å². The Morgan fingerprint density at radius 2 is 2.07 bits per heavy atom. The number of carbonyl (C=O) groups excluding carboxylic acids is 1. The number of imidazole rings is 1. The molecule has 29 heavy (non-hydrogen) atoms. The van der Waals surface area contributed by atoms with Crippen molar-refractivity contribution in [2.75, 3.05) is 19.8 Å². The van der Waals surface area contributed by atoms with Gasteiger partial charge in [-0.05, 0) is 56.2 Å². The molecule has 0 saturated carbocycles. The van der Waals surface area contributed by atoms with Crippen LogP contribution in [0.4, 0.5) is 0 Å². The van der Waals surface area contributed by atoms with Crippen LogP contribution in [0.2, 0.25) is 5.02 Å². The van der Waals surface area contributed by atoms with Crippen LogP contribution < -0.4 is 10.1 Å². The molecule has 0 radical (unpaired) electrons. The van der Waals surface area contributed by atoms with E-state index >= 15 is 0 Å². The maximum Gasteiger partial charge on any atom is 0.240 e. The summed E-state index contributed by atoms with van der Waals surface area (Å²) in [5, 5.41) is 3.64. The van der Waals surface area contributed by atoms with E-state index in [2.05, 4.69) is 10.3 Å². The molecule has 1 aromatic heterocycles. The second-order valence-electron chi connectivity index (χ2n) is 6.70. The van der Waals surface area contributed by atoms with Gasteiger partial charge < -0.3 is 19.4 Å². The first-order chi connectivity index (χ1) is 14.1. The van der Waals surface area contributed by atoms with Crippen LogP contribution in [0.5, 0.6) is 5.75 Å². The van der Waals surface area contributed by atoms with Crippen molar-refractivity contribution in [3.8, 4) is 5.75 Å². The van der Waals surface area contributed by atoms with Gasteiger partial charge in [0, 0.05) is 24.8 Å². The van der Waals surface area contributed by atoms with Crippen LogP contribution in [0.15, 0.2) is 42.5 Å². The van der Waals surface area contributed by atoms with E-state index in [0.717, 1.165) is 23.0 Å². The molecular weight excluding hydrogens is 390 g/mol. The molecule has 7 heteroatoms. The van der Waals surface area contributed by atoms with Crippen LogP contribution in [0, 0.1) is 6.92 Å². The summed E-state index contributed by atoms with van der Waals surface area (Å²) in [6.07, 6.45) is 0.788. The predicted octanol–water partition coefficient (Wildman–Crippen LogP) is 4.12. The summed E-state index contributed by atoms with van der Waals surface area (Å²) in [5.74, 6) is 1.35. The summed E-state index contributed by atoms with van der Waals surface area (Å²) in [6.45, 7) is 6.25. The fourth-order valence-electron chi connectivity index (χ4n) is 3.01. The SMILES string of the molecule is CCOCCCNC(=O)Cn1c(COc2ccc(Cl)c(C)c2)nc2ccccc21. The van der Waals surface area contributed by atoms with Crippen molar-refractivity contribution < 1.29 is 14.3 Å². The highest BCUT2D eigenvalue weighted by Crippen LogP contribution is 2.23. The first-order valence-electron chi connectivity index (χ1n) is 9.76. The number of hydrogen-bond donors (Lipinski definition) is 1. The first-order valence-corrected chi connectivity index (χ1v) is 10.1. The molecule has 0 saturated heterocycles. The van der Waals surface area contributed by atoms with E-state index in [9.17, 15) is 4.79 Å². The van der Waals surface area contributed by atoms with E-state index < -0.39 is 0 Å². The normalized spacial score (nSPS) is 11.0. The summed E-state index contributed by atoms with van der Waals surface area (Å²) in [6, 6.07) is 13.3. The molecule has 0 aliphatic heterocycles. The molecule has 1 heterocycles. The van der Waals surface area contributed by atoms with E-state index in [4.69, 9.17) is 21.1 Å². The number of aromatic nitrogens is 2. The number of halogens is 1. The Hall–Kier alpha value is -2.57. The molecule has 1 N–H and O–H groups in total. The molecule has 0 unspecified atom stereocenters. The van der Waals surface area contributed by atoms with Crippen LogP contribution in [0.25, 0.3) is 11.0 Å². The standard InChI is InChI=1S/C22H26ClN3O3/c1-3-28-12-6-11-24-22(27)14-26-20-8-5-4-7-19(20)25-21(26)15-29-17-9-10-18(23)16(2)13-17/h4-5,7-10,13H,3,6,11-12,14-15H2,1-2H3,(H,24,27). The number of nitrogens with zero attached hydrogens (tertiary/aromatic N) is 2. The van der Waals surface area contributed by atoms with Gasteiger partial charge in [0.15, 0.2) is 0 Å². The second kappa shape index (κ2) is 10.3. The summed E-state index contributed by atoms with van der Waals surface area (Å²) in [5.41, 5.74) is 2.69. The van der Waals surface area contributed by atoms with Crippen molar-refractivity contribution in [3.63, 3.8) is 0 Å². The van der Waals surface area contributed by atoms with Crippen LogP contribution in [-0.4, -0.2) is 35.2 Å². The number of carbonyl (C=O) groups is 1. The fraction of sp³-hybridized carbons (Fsp3) is 0.364. The third kappa shape index (κ3) is 5.71. The zero-order chi connectivity index (χ0) is 20.6. The molecule has 0 fully saturated rings. The lowest BCUT2D eigenvalue weighted by Gasteiger charge is -2.11. The Kier molecular flexibility index (Phi) is 7.49. The highest BCUT2D eigenvalue weighted by molar-refractivity contribution is 6.31. The third-order valence-corrected chi connectivity index (χ3v) is 4.95. The zero-order valence-electron chi connectivity index (χ0n) is 16.8. The molecule has 0 spiro atoms. The van der Waals surface area contributed by atoms with Gasteiger partial charge in [-0.2, -0.15) is 0 Å². The van der Waals surface area contributed by atoms with Gasteiger partial charge in [0.2, 0.25) is 5.91 Å². The van der Waals surface area contributed by atoms with Gasteiger partial charge in [-0.15, -0.1) is 0 Å². The van der Waals surface area contributed by atoms with Crippen molar-refractivity contribution in [3.05, 3.63) is 58.9 Å². The van der Waals surface area contributed by atoms with E-state index in [1.54, 1.807) is 0 Å². The maximum atomic E-state index is 12.4. The molecule has 0 atom stereocenters. The first kappa shape index (κ1) is 21.1. The highest BCUT2D eigenvalue weighted by Gasteiger charge is 2.14. The molecule has 0 aliphatic rings. The molecule has 1 amide bonds. The van der Waals surface area contributed by atoms with Crippen molar-refractivity contribution >= 4 is 28.5 Å². The molecule has 2 aromatic carbocycles. The zero-order valence-corrected chi connectivity index (χ0v) is 17.5. The number of nitrogens with one attached hydrogen (secondary N) is 1. The minimum atomic E-state index is -0.0618. The average molecular weight is 416 g/mol. The largest absolute Gasteiger partial charge is 0.486 e. The lowest BCUT2D eigenvalue weighted by molar-refractivity contribution is -0.121. The minimum Gasteiger partial charge on any atom is -0.486 e. The Morgan fingerprint density at radius 1 is 1.24 bits per heavy atom. The number of ether oxygens (including phenoxy) is 2. The van der Waals surface area contributed by atoms with Crippen molar-refractivity contribution in [1.82, 2.24) is 14.9 Å². The van der Waals surface area contributed by atoms with Gasteiger partial charge >= 0.3 is 0 Å². The molecule has 6 nitrogen and oxygen atoms in total. The van der Waals surface area contributed by atoms with Crippen LogP contribution >= 0.6 is 11.6 Å². The summed E-state index contributed by atoms with van der Waals surface area (Å²) in [7, 11) is 0. The van der Waals surface area contributed by atoms with Crippen molar-refractivity contribution in [2.24, 2.45) is 0 Å². The predicted molar refractivity (Wildman–Crippen MR) is 114 cm³/mol. The minimum absolute atomic E-state index is 0.0618. The molecule has 3 aromatic rings. The monoisotopic (exact) mass is 415 g/mol. The molecule has 0 bridgehead atoms. The van der Waals surface area contributed by atoms with Gasteiger partial charge in [0.25, 0.3) is 0 Å². The number of para-hydroxylation sites is 2. The Bertz CT molecular complexity index is 971. The Balaban J connectivity index is 1.70. The lowest BCUT2D eigenvalue weighted by Crippen LogP contribution is -2.29. The Labute approximate surface area is 175 Å². The summed E-state index contributed by atoms with van der Waals surface area (Å²) >= 11 is 6.08. The topological polar surface area (TPSA) is 65.4 Å². The summed E-state index contributed by atoms with van der Waals surface area (Å²) in [4.78, 5) is 17.1.